The molecule has 198 valence electrons. The summed E-state index contributed by atoms with van der Waals surface area (Å²) in [5.41, 5.74) is 1.06. The molecule has 0 aliphatic heterocycles. The van der Waals surface area contributed by atoms with E-state index in [1.165, 1.54) is 0 Å². The van der Waals surface area contributed by atoms with Crippen LogP contribution in [0.25, 0.3) is 0 Å². The number of nitrogens with one attached hydrogen (secondary N) is 2. The third-order valence-corrected chi connectivity index (χ3v) is 5.76. The van der Waals surface area contributed by atoms with Gasteiger partial charge in [-0.1, -0.05) is 71.2 Å². The lowest BCUT2D eigenvalue weighted by Gasteiger charge is -2.36. The third kappa shape index (κ3) is 10.3. The number of benzene rings is 1. The molecule has 0 spiro atoms. The Hall–Kier alpha value is -2.57. The monoisotopic (exact) mass is 489 g/mol. The highest BCUT2D eigenvalue weighted by atomic mass is 16.6. The molecule has 0 bridgehead atoms. The molecule has 0 heterocycles. The SMILES string of the molecule is CCCCCN(C(=O)C(NC(=O)OC(C)(C)C)C(C)C)C(C(=O)NCCCC)c1ccccc1C. The third-order valence-electron chi connectivity index (χ3n) is 5.76. The molecule has 0 aliphatic rings. The van der Waals surface area contributed by atoms with Crippen LogP contribution in [-0.4, -0.2) is 47.5 Å². The summed E-state index contributed by atoms with van der Waals surface area (Å²) in [7, 11) is 0. The van der Waals surface area contributed by atoms with Gasteiger partial charge in [0.05, 0.1) is 0 Å². The summed E-state index contributed by atoms with van der Waals surface area (Å²) in [6.45, 7) is 16.2. The van der Waals surface area contributed by atoms with Crippen molar-refractivity contribution in [1.29, 1.82) is 0 Å². The number of amides is 3. The molecule has 7 nitrogen and oxygen atoms in total. The molecule has 35 heavy (non-hydrogen) atoms. The van der Waals surface area contributed by atoms with Gasteiger partial charge in [-0.25, -0.2) is 4.79 Å². The summed E-state index contributed by atoms with van der Waals surface area (Å²) in [6.07, 6.45) is 3.88. The number of hydrogen-bond acceptors (Lipinski definition) is 4. The second-order valence-electron chi connectivity index (χ2n) is 10.5. The molecule has 0 aliphatic carbocycles. The van der Waals surface area contributed by atoms with Crippen molar-refractivity contribution in [2.45, 2.75) is 105 Å². The molecule has 1 rings (SSSR count). The summed E-state index contributed by atoms with van der Waals surface area (Å²) in [4.78, 5) is 41.8. The molecule has 0 fully saturated rings. The number of rotatable bonds is 13. The van der Waals surface area contributed by atoms with E-state index >= 15 is 0 Å². The Morgan fingerprint density at radius 3 is 2.17 bits per heavy atom. The second kappa shape index (κ2) is 14.7. The van der Waals surface area contributed by atoms with Crippen LogP contribution in [0.3, 0.4) is 0 Å². The van der Waals surface area contributed by atoms with E-state index in [9.17, 15) is 14.4 Å². The first kappa shape index (κ1) is 30.5. The zero-order chi connectivity index (χ0) is 26.6. The Labute approximate surface area is 212 Å². The highest BCUT2D eigenvalue weighted by Gasteiger charge is 2.37. The van der Waals surface area contributed by atoms with Gasteiger partial charge in [0, 0.05) is 13.1 Å². The van der Waals surface area contributed by atoms with Gasteiger partial charge in [0.1, 0.15) is 17.7 Å². The van der Waals surface area contributed by atoms with E-state index in [-0.39, 0.29) is 17.7 Å². The largest absolute Gasteiger partial charge is 0.444 e. The van der Waals surface area contributed by atoms with Crippen LogP contribution in [0.1, 0.15) is 97.7 Å². The van der Waals surface area contributed by atoms with E-state index in [1.54, 1.807) is 25.7 Å². The first-order chi connectivity index (χ1) is 16.4. The Kier molecular flexibility index (Phi) is 12.8. The van der Waals surface area contributed by atoms with Crippen molar-refractivity contribution >= 4 is 17.9 Å². The van der Waals surface area contributed by atoms with Crippen LogP contribution >= 0.6 is 0 Å². The van der Waals surface area contributed by atoms with Gasteiger partial charge in [-0.3, -0.25) is 9.59 Å². The number of carbonyl (C=O) groups excluding carboxylic acids is 3. The van der Waals surface area contributed by atoms with Crippen molar-refractivity contribution in [1.82, 2.24) is 15.5 Å². The van der Waals surface area contributed by atoms with E-state index in [4.69, 9.17) is 4.74 Å². The summed E-state index contributed by atoms with van der Waals surface area (Å²) in [5, 5.41) is 5.80. The van der Waals surface area contributed by atoms with Crippen LogP contribution < -0.4 is 10.6 Å². The second-order valence-corrected chi connectivity index (χ2v) is 10.5. The first-order valence-corrected chi connectivity index (χ1v) is 13.1. The predicted octanol–water partition coefficient (Wildman–Crippen LogP) is 5.52. The van der Waals surface area contributed by atoms with Gasteiger partial charge in [0.25, 0.3) is 0 Å². The molecule has 0 saturated carbocycles. The zero-order valence-corrected chi connectivity index (χ0v) is 23.1. The average molecular weight is 490 g/mol. The predicted molar refractivity (Wildman–Crippen MR) is 141 cm³/mol. The maximum absolute atomic E-state index is 14.0. The van der Waals surface area contributed by atoms with Crippen molar-refractivity contribution in [3.63, 3.8) is 0 Å². The minimum absolute atomic E-state index is 0.190. The van der Waals surface area contributed by atoms with E-state index in [0.29, 0.717) is 13.1 Å². The minimum Gasteiger partial charge on any atom is -0.444 e. The molecule has 0 radical (unpaired) electrons. The highest BCUT2D eigenvalue weighted by Crippen LogP contribution is 2.27. The van der Waals surface area contributed by atoms with Crippen LogP contribution in [0.5, 0.6) is 0 Å². The number of aryl methyl sites for hydroxylation is 1. The van der Waals surface area contributed by atoms with E-state index in [1.807, 2.05) is 45.0 Å². The fraction of sp³-hybridized carbons (Fsp3) is 0.679. The van der Waals surface area contributed by atoms with Crippen LogP contribution in [0.15, 0.2) is 24.3 Å². The quantitative estimate of drug-likeness (QED) is 0.357. The van der Waals surface area contributed by atoms with Crippen molar-refractivity contribution in [2.24, 2.45) is 5.92 Å². The molecular formula is C28H47N3O4. The molecule has 2 N–H and O–H groups in total. The molecule has 3 amide bonds. The van der Waals surface area contributed by atoms with Crippen molar-refractivity contribution in [3.05, 3.63) is 35.4 Å². The molecule has 0 aromatic heterocycles. The van der Waals surface area contributed by atoms with E-state index < -0.39 is 23.8 Å². The highest BCUT2D eigenvalue weighted by molar-refractivity contribution is 5.92. The van der Waals surface area contributed by atoms with E-state index in [0.717, 1.165) is 43.2 Å². The van der Waals surface area contributed by atoms with Crippen LogP contribution in [0.2, 0.25) is 0 Å². The first-order valence-electron chi connectivity index (χ1n) is 13.1. The standard InChI is InChI=1S/C28H47N3O4/c1-9-11-15-19-31(26(33)23(20(3)4)30-27(34)35-28(6,7)8)24(25(32)29-18-12-10-2)22-17-14-13-16-21(22)5/h13-14,16-17,20,23-24H,9-12,15,18-19H2,1-8H3,(H,29,32)(H,30,34). The zero-order valence-electron chi connectivity index (χ0n) is 23.1. The van der Waals surface area contributed by atoms with Gasteiger partial charge in [0.2, 0.25) is 11.8 Å². The lowest BCUT2D eigenvalue weighted by molar-refractivity contribution is -0.143. The van der Waals surface area contributed by atoms with Crippen molar-refractivity contribution in [3.8, 4) is 0 Å². The van der Waals surface area contributed by atoms with Crippen LogP contribution in [0, 0.1) is 12.8 Å². The van der Waals surface area contributed by atoms with Gasteiger partial charge < -0.3 is 20.3 Å². The topological polar surface area (TPSA) is 87.7 Å². The van der Waals surface area contributed by atoms with Crippen molar-refractivity contribution in [2.75, 3.05) is 13.1 Å². The number of unbranched alkanes of at least 4 members (excludes halogenated alkanes) is 3. The van der Waals surface area contributed by atoms with Gasteiger partial charge in [-0.05, 0) is 57.6 Å². The molecule has 1 aromatic rings. The van der Waals surface area contributed by atoms with Gasteiger partial charge in [-0.2, -0.15) is 0 Å². The molecule has 0 saturated heterocycles. The summed E-state index contributed by atoms with van der Waals surface area (Å²) in [5.74, 6) is -0.664. The fourth-order valence-electron chi connectivity index (χ4n) is 3.85. The Bertz CT molecular complexity index is 817. The van der Waals surface area contributed by atoms with Gasteiger partial charge in [0.15, 0.2) is 0 Å². The Morgan fingerprint density at radius 2 is 1.63 bits per heavy atom. The number of hydrogen-bond donors (Lipinski definition) is 2. The normalized spacial score (nSPS) is 13.2. The van der Waals surface area contributed by atoms with Gasteiger partial charge in [-0.15, -0.1) is 0 Å². The Balaban J connectivity index is 3.42. The Morgan fingerprint density at radius 1 is 1.00 bits per heavy atom. The average Bonchev–Trinajstić information content (AvgIpc) is 2.76. The number of alkyl carbamates (subject to hydrolysis) is 1. The molecular weight excluding hydrogens is 442 g/mol. The van der Waals surface area contributed by atoms with Crippen LogP contribution in [-0.2, 0) is 14.3 Å². The molecule has 7 heteroatoms. The number of carbonyl (C=O) groups is 3. The maximum atomic E-state index is 14.0. The summed E-state index contributed by atoms with van der Waals surface area (Å²) in [6, 6.07) is 6.08. The molecule has 2 atom stereocenters. The lowest BCUT2D eigenvalue weighted by Crippen LogP contribution is -2.55. The van der Waals surface area contributed by atoms with Crippen molar-refractivity contribution < 1.29 is 19.1 Å². The van der Waals surface area contributed by atoms with Crippen LogP contribution in [0.4, 0.5) is 4.79 Å². The summed E-state index contributed by atoms with van der Waals surface area (Å²) >= 11 is 0. The number of ether oxygens (including phenoxy) is 1. The number of nitrogens with zero attached hydrogens (tertiary/aromatic N) is 1. The molecule has 2 unspecified atom stereocenters. The van der Waals surface area contributed by atoms with E-state index in [2.05, 4.69) is 24.5 Å². The smallest absolute Gasteiger partial charge is 0.408 e. The summed E-state index contributed by atoms with van der Waals surface area (Å²) < 4.78 is 5.42. The minimum atomic E-state index is -0.818. The maximum Gasteiger partial charge on any atom is 0.408 e. The molecule has 1 aromatic carbocycles. The van der Waals surface area contributed by atoms with Gasteiger partial charge >= 0.3 is 6.09 Å². The fourth-order valence-corrected chi connectivity index (χ4v) is 3.85. The lowest BCUT2D eigenvalue weighted by atomic mass is 9.96.